The maximum atomic E-state index is 4.91. The Hall–Kier alpha value is -2.70. The van der Waals surface area contributed by atoms with Gasteiger partial charge in [-0.25, -0.2) is 4.98 Å². The summed E-state index contributed by atoms with van der Waals surface area (Å²) in [5.41, 5.74) is 3.62. The van der Waals surface area contributed by atoms with Gasteiger partial charge in [0.1, 0.15) is 10.7 Å². The molecule has 0 radical (unpaired) electrons. The van der Waals surface area contributed by atoms with Crippen LogP contribution in [0.1, 0.15) is 22.7 Å². The molecule has 1 aromatic carbocycles. The molecular weight excluding hydrogens is 390 g/mol. The zero-order chi connectivity index (χ0) is 20.5. The van der Waals surface area contributed by atoms with Gasteiger partial charge in [-0.05, 0) is 44.5 Å². The lowest BCUT2D eigenvalue weighted by molar-refractivity contribution is 0.127. The fraction of sp³-hybridized carbons (Fsp3) is 0.333. The number of piperazine rings is 1. The van der Waals surface area contributed by atoms with E-state index in [0.29, 0.717) is 6.04 Å². The first-order valence-electron chi connectivity index (χ1n) is 10.6. The number of thiazole rings is 1. The Morgan fingerprint density at radius 3 is 2.87 bits per heavy atom. The number of benzene rings is 1. The summed E-state index contributed by atoms with van der Waals surface area (Å²) in [5, 5.41) is 7.81. The van der Waals surface area contributed by atoms with E-state index in [1.807, 2.05) is 12.3 Å². The lowest BCUT2D eigenvalue weighted by atomic mass is 10.0. The van der Waals surface area contributed by atoms with Crippen LogP contribution < -0.4 is 15.9 Å². The Balaban J connectivity index is 1.49. The fourth-order valence-electron chi connectivity index (χ4n) is 4.41. The average Bonchev–Trinajstić information content (AvgIpc) is 3.07. The van der Waals surface area contributed by atoms with Crippen molar-refractivity contribution in [3.8, 4) is 0 Å². The number of fused-ring (bicyclic) bond motifs is 2. The molecule has 4 heterocycles. The van der Waals surface area contributed by atoms with Crippen molar-refractivity contribution < 1.29 is 0 Å². The molecular formula is C24H27N5S. The highest BCUT2D eigenvalue weighted by Gasteiger charge is 2.29. The summed E-state index contributed by atoms with van der Waals surface area (Å²) in [7, 11) is 2.25. The van der Waals surface area contributed by atoms with Gasteiger partial charge in [0.05, 0.1) is 16.1 Å². The van der Waals surface area contributed by atoms with E-state index in [-0.39, 0.29) is 0 Å². The van der Waals surface area contributed by atoms with Gasteiger partial charge < -0.3 is 10.2 Å². The number of aromatic nitrogens is 2. The highest BCUT2D eigenvalue weighted by Crippen LogP contribution is 2.32. The minimum absolute atomic E-state index is 0.502. The highest BCUT2D eigenvalue weighted by molar-refractivity contribution is 7.16. The summed E-state index contributed by atoms with van der Waals surface area (Å²) in [4.78, 5) is 14.7. The molecule has 5 nitrogen and oxygen atoms in total. The van der Waals surface area contributed by atoms with E-state index in [0.717, 1.165) is 58.7 Å². The minimum atomic E-state index is 0.502. The maximum absolute atomic E-state index is 4.91. The van der Waals surface area contributed by atoms with Crippen LogP contribution in [0.3, 0.4) is 0 Å². The van der Waals surface area contributed by atoms with E-state index in [4.69, 9.17) is 9.97 Å². The van der Waals surface area contributed by atoms with E-state index >= 15 is 0 Å². The molecule has 154 valence electrons. The van der Waals surface area contributed by atoms with E-state index < -0.39 is 0 Å². The number of rotatable bonds is 4. The molecule has 1 unspecified atom stereocenters. The molecule has 3 aromatic rings. The van der Waals surface area contributed by atoms with Crippen molar-refractivity contribution in [2.24, 2.45) is 0 Å². The molecule has 30 heavy (non-hydrogen) atoms. The standard InChI is InChI=1S/C24H27N5S/c1-17-27-22-23(21-19(9-6-12-25-21)15-26-24(22)30-17)29-14-13-28(2)20(16-29)11-10-18-7-4-3-5-8-18/h3-9,12,15,20,26H,10-11,13-14,16H2,1-2H3. The number of nitrogens with zero attached hydrogens (tertiary/aromatic N) is 4. The van der Waals surface area contributed by atoms with Crippen LogP contribution in [0.2, 0.25) is 0 Å². The van der Waals surface area contributed by atoms with Gasteiger partial charge in [-0.3, -0.25) is 9.88 Å². The van der Waals surface area contributed by atoms with Gasteiger partial charge in [-0.2, -0.15) is 0 Å². The summed E-state index contributed by atoms with van der Waals surface area (Å²) >= 11 is 1.71. The third-order valence-corrected chi connectivity index (χ3v) is 6.98. The number of aryl methyl sites for hydroxylation is 2. The summed E-state index contributed by atoms with van der Waals surface area (Å²) in [6.45, 7) is 5.09. The van der Waals surface area contributed by atoms with Crippen LogP contribution in [-0.2, 0) is 6.42 Å². The highest BCUT2D eigenvalue weighted by atomic mass is 32.1. The second-order valence-electron chi connectivity index (χ2n) is 8.09. The molecule has 5 rings (SSSR count). The van der Waals surface area contributed by atoms with E-state index in [1.165, 1.54) is 11.3 Å². The van der Waals surface area contributed by atoms with Gasteiger partial charge >= 0.3 is 0 Å². The normalized spacial score (nSPS) is 18.8. The number of anilines is 1. The molecule has 0 bridgehead atoms. The third-order valence-electron chi connectivity index (χ3n) is 6.08. The molecule has 1 fully saturated rings. The van der Waals surface area contributed by atoms with E-state index in [1.54, 1.807) is 11.3 Å². The molecule has 2 aliphatic rings. The van der Waals surface area contributed by atoms with E-state index in [9.17, 15) is 0 Å². The van der Waals surface area contributed by atoms with Crippen LogP contribution in [0.4, 0.5) is 5.00 Å². The number of hydrogen-bond donors (Lipinski definition) is 1. The van der Waals surface area contributed by atoms with Crippen LogP contribution in [0.25, 0.3) is 11.9 Å². The van der Waals surface area contributed by atoms with E-state index in [2.05, 4.69) is 71.7 Å². The zero-order valence-electron chi connectivity index (χ0n) is 17.5. The van der Waals surface area contributed by atoms with Crippen molar-refractivity contribution in [3.05, 3.63) is 75.5 Å². The Bertz CT molecular complexity index is 1150. The summed E-state index contributed by atoms with van der Waals surface area (Å²) in [6, 6.07) is 15.4. The Kier molecular flexibility index (Phi) is 5.27. The summed E-state index contributed by atoms with van der Waals surface area (Å²) < 4.78 is 0. The molecule has 1 saturated heterocycles. The largest absolute Gasteiger partial charge is 0.365 e. The van der Waals surface area contributed by atoms with Gasteiger partial charge in [-0.15, -0.1) is 11.3 Å². The van der Waals surface area contributed by atoms with Crippen LogP contribution in [0.5, 0.6) is 0 Å². The Morgan fingerprint density at radius 1 is 1.13 bits per heavy atom. The first-order chi connectivity index (χ1) is 14.7. The van der Waals surface area contributed by atoms with Gasteiger partial charge in [-0.1, -0.05) is 30.3 Å². The topological polar surface area (TPSA) is 44.3 Å². The van der Waals surface area contributed by atoms with Crippen molar-refractivity contribution in [1.82, 2.24) is 19.8 Å². The summed E-state index contributed by atoms with van der Waals surface area (Å²) in [5.74, 6) is 0. The fourth-order valence-corrected chi connectivity index (χ4v) is 5.20. The third kappa shape index (κ3) is 3.73. The molecule has 0 amide bonds. The Labute approximate surface area is 181 Å². The van der Waals surface area contributed by atoms with Crippen LogP contribution in [0, 0.1) is 6.92 Å². The minimum Gasteiger partial charge on any atom is -0.365 e. The molecule has 0 spiro atoms. The van der Waals surface area contributed by atoms with Crippen molar-refractivity contribution in [2.45, 2.75) is 25.8 Å². The first-order valence-corrected chi connectivity index (χ1v) is 11.4. The quantitative estimate of drug-likeness (QED) is 0.706. The van der Waals surface area contributed by atoms with Crippen molar-refractivity contribution in [2.75, 3.05) is 32.0 Å². The molecule has 0 saturated carbocycles. The second kappa shape index (κ2) is 8.20. The predicted octanol–water partition coefficient (Wildman–Crippen LogP) is 2.42. The lowest BCUT2D eigenvalue weighted by Gasteiger charge is -2.41. The first kappa shape index (κ1) is 19.3. The van der Waals surface area contributed by atoms with Crippen molar-refractivity contribution >= 4 is 28.2 Å². The van der Waals surface area contributed by atoms with Crippen molar-refractivity contribution in [1.29, 1.82) is 0 Å². The molecule has 2 aliphatic heterocycles. The zero-order valence-corrected chi connectivity index (χ0v) is 18.3. The van der Waals surface area contributed by atoms with Crippen LogP contribution in [0.15, 0.2) is 48.7 Å². The lowest BCUT2D eigenvalue weighted by Crippen LogP contribution is -2.52. The Morgan fingerprint density at radius 2 is 2.00 bits per heavy atom. The van der Waals surface area contributed by atoms with Crippen LogP contribution >= 0.6 is 11.3 Å². The molecule has 0 aliphatic carbocycles. The van der Waals surface area contributed by atoms with Crippen molar-refractivity contribution in [3.63, 3.8) is 0 Å². The predicted molar refractivity (Wildman–Crippen MR) is 124 cm³/mol. The number of likely N-dealkylation sites (N-methyl/N-ethyl adjacent to an activating group) is 1. The number of nitrogens with one attached hydrogen (secondary N) is 1. The molecule has 1 atom stereocenters. The monoisotopic (exact) mass is 417 g/mol. The van der Waals surface area contributed by atoms with Crippen LogP contribution in [-0.4, -0.2) is 52.5 Å². The molecule has 1 N–H and O–H groups in total. The second-order valence-corrected chi connectivity index (χ2v) is 9.30. The van der Waals surface area contributed by atoms with Gasteiger partial charge in [0.25, 0.3) is 0 Å². The maximum Gasteiger partial charge on any atom is 0.124 e. The van der Waals surface area contributed by atoms with Gasteiger partial charge in [0.15, 0.2) is 0 Å². The summed E-state index contributed by atoms with van der Waals surface area (Å²) in [6.07, 6.45) is 6.20. The molecule has 6 heteroatoms. The average molecular weight is 418 g/mol. The molecule has 2 aromatic heterocycles. The van der Waals surface area contributed by atoms with Gasteiger partial charge in [0, 0.05) is 43.3 Å². The number of hydrogen-bond acceptors (Lipinski definition) is 6. The SMILES string of the molecule is Cc1nc2c(s1)NC=c1cccnc1=C2N1CCN(C)C(CCc2ccccc2)C1. The van der Waals surface area contributed by atoms with Gasteiger partial charge in [0.2, 0.25) is 0 Å². The number of pyridine rings is 1. The smallest absolute Gasteiger partial charge is 0.124 e.